The molecule has 98 valence electrons. The Bertz CT molecular complexity index is 783. The van der Waals surface area contributed by atoms with Crippen LogP contribution in [0.1, 0.15) is 17.3 Å². The van der Waals surface area contributed by atoms with Crippen LogP contribution in [-0.2, 0) is 0 Å². The minimum Gasteiger partial charge on any atom is -0.294 e. The predicted octanol–water partition coefficient (Wildman–Crippen LogP) is 4.59. The van der Waals surface area contributed by atoms with Crippen LogP contribution in [0.5, 0.6) is 0 Å². The van der Waals surface area contributed by atoms with E-state index in [0.29, 0.717) is 5.56 Å². The molecule has 0 aliphatic carbocycles. The van der Waals surface area contributed by atoms with E-state index in [2.05, 4.69) is 35.3 Å². The number of hydrogen-bond acceptors (Lipinski definition) is 3. The number of nitrogens with zero attached hydrogens (tertiary/aromatic N) is 1. The van der Waals surface area contributed by atoms with Crippen molar-refractivity contribution >= 4 is 28.3 Å². The molecule has 20 heavy (non-hydrogen) atoms. The number of aromatic nitrogens is 1. The Balaban J connectivity index is 1.99. The number of carbonyl (C=O) groups is 1. The Morgan fingerprint density at radius 3 is 2.60 bits per heavy atom. The van der Waals surface area contributed by atoms with Gasteiger partial charge in [-0.25, -0.2) is 4.98 Å². The number of rotatable bonds is 3. The van der Waals surface area contributed by atoms with Crippen molar-refractivity contribution in [3.8, 4) is 0 Å². The Kier molecular flexibility index (Phi) is 3.52. The summed E-state index contributed by atoms with van der Waals surface area (Å²) in [6, 6.07) is 18.1. The zero-order chi connectivity index (χ0) is 13.9. The van der Waals surface area contributed by atoms with Gasteiger partial charge in [0.25, 0.3) is 0 Å². The predicted molar refractivity (Wildman–Crippen MR) is 82.3 cm³/mol. The standard InChI is InChI=1S/C17H13NOS/c1-12(19)16-7-4-10-18-17(16)20-15-9-8-13-5-2-3-6-14(13)11-15/h2-11H,1H3. The Hall–Kier alpha value is -2.13. The molecule has 0 amide bonds. The van der Waals surface area contributed by atoms with Crippen molar-refractivity contribution in [3.63, 3.8) is 0 Å². The molecule has 0 saturated carbocycles. The fourth-order valence-corrected chi connectivity index (χ4v) is 3.06. The van der Waals surface area contributed by atoms with Gasteiger partial charge in [0.15, 0.2) is 5.78 Å². The van der Waals surface area contributed by atoms with E-state index in [4.69, 9.17) is 0 Å². The highest BCUT2D eigenvalue weighted by Crippen LogP contribution is 2.31. The van der Waals surface area contributed by atoms with Crippen LogP contribution in [0.15, 0.2) is 70.7 Å². The summed E-state index contributed by atoms with van der Waals surface area (Å²) in [6.07, 6.45) is 1.72. The third kappa shape index (κ3) is 2.58. The molecule has 0 bridgehead atoms. The number of pyridine rings is 1. The molecular weight excluding hydrogens is 266 g/mol. The molecule has 2 nitrogen and oxygen atoms in total. The Labute approximate surface area is 121 Å². The molecule has 2 aromatic carbocycles. The fraction of sp³-hybridized carbons (Fsp3) is 0.0588. The van der Waals surface area contributed by atoms with Gasteiger partial charge in [-0.2, -0.15) is 0 Å². The lowest BCUT2D eigenvalue weighted by Crippen LogP contribution is -1.96. The molecule has 0 N–H and O–H groups in total. The molecule has 0 saturated heterocycles. The molecule has 1 heterocycles. The van der Waals surface area contributed by atoms with E-state index in [1.165, 1.54) is 22.5 Å². The number of fused-ring (bicyclic) bond motifs is 1. The molecule has 0 radical (unpaired) electrons. The minimum absolute atomic E-state index is 0.0430. The minimum atomic E-state index is 0.0430. The Morgan fingerprint density at radius 2 is 1.80 bits per heavy atom. The molecule has 0 unspecified atom stereocenters. The molecule has 0 aliphatic heterocycles. The zero-order valence-corrected chi connectivity index (χ0v) is 11.9. The summed E-state index contributed by atoms with van der Waals surface area (Å²) in [5, 5.41) is 3.16. The van der Waals surface area contributed by atoms with E-state index in [9.17, 15) is 4.79 Å². The van der Waals surface area contributed by atoms with Gasteiger partial charge in [-0.05, 0) is 42.0 Å². The second-order valence-electron chi connectivity index (χ2n) is 4.52. The van der Waals surface area contributed by atoms with E-state index < -0.39 is 0 Å². The zero-order valence-electron chi connectivity index (χ0n) is 11.0. The normalized spacial score (nSPS) is 10.7. The van der Waals surface area contributed by atoms with E-state index in [1.54, 1.807) is 19.2 Å². The molecule has 3 heteroatoms. The number of ketones is 1. The first-order valence-corrected chi connectivity index (χ1v) is 7.18. The van der Waals surface area contributed by atoms with Crippen molar-refractivity contribution in [1.82, 2.24) is 4.98 Å². The summed E-state index contributed by atoms with van der Waals surface area (Å²) in [6.45, 7) is 1.57. The molecule has 3 rings (SSSR count). The van der Waals surface area contributed by atoms with E-state index >= 15 is 0 Å². The highest BCUT2D eigenvalue weighted by atomic mass is 32.2. The van der Waals surface area contributed by atoms with Crippen molar-refractivity contribution < 1.29 is 4.79 Å². The summed E-state index contributed by atoms with van der Waals surface area (Å²) in [5.41, 5.74) is 0.672. The molecule has 1 aromatic heterocycles. The van der Waals surface area contributed by atoms with Gasteiger partial charge in [0, 0.05) is 16.7 Å². The van der Waals surface area contributed by atoms with Gasteiger partial charge in [-0.1, -0.05) is 42.1 Å². The molecule has 0 spiro atoms. The number of hydrogen-bond donors (Lipinski definition) is 0. The number of Topliss-reactive ketones (excluding diaryl/α,β-unsaturated/α-hetero) is 1. The quantitative estimate of drug-likeness (QED) is 0.657. The second kappa shape index (κ2) is 5.47. The summed E-state index contributed by atoms with van der Waals surface area (Å²) in [4.78, 5) is 17.0. The molecule has 0 fully saturated rings. The van der Waals surface area contributed by atoms with Crippen LogP contribution in [0.2, 0.25) is 0 Å². The lowest BCUT2D eigenvalue weighted by atomic mass is 10.1. The topological polar surface area (TPSA) is 30.0 Å². The maximum atomic E-state index is 11.6. The smallest absolute Gasteiger partial charge is 0.162 e. The monoisotopic (exact) mass is 279 g/mol. The van der Waals surface area contributed by atoms with E-state index in [-0.39, 0.29) is 5.78 Å². The summed E-state index contributed by atoms with van der Waals surface area (Å²) in [7, 11) is 0. The van der Waals surface area contributed by atoms with Crippen LogP contribution in [0.25, 0.3) is 10.8 Å². The average molecular weight is 279 g/mol. The summed E-state index contributed by atoms with van der Waals surface area (Å²) < 4.78 is 0. The Morgan fingerprint density at radius 1 is 1.00 bits per heavy atom. The van der Waals surface area contributed by atoms with Gasteiger partial charge in [-0.15, -0.1) is 0 Å². The lowest BCUT2D eigenvalue weighted by Gasteiger charge is -2.06. The van der Waals surface area contributed by atoms with Gasteiger partial charge < -0.3 is 0 Å². The first kappa shape index (κ1) is 12.9. The first-order valence-electron chi connectivity index (χ1n) is 6.36. The van der Waals surface area contributed by atoms with Crippen molar-refractivity contribution in [1.29, 1.82) is 0 Å². The maximum absolute atomic E-state index is 11.6. The largest absolute Gasteiger partial charge is 0.294 e. The highest BCUT2D eigenvalue weighted by molar-refractivity contribution is 7.99. The third-order valence-electron chi connectivity index (χ3n) is 3.09. The molecule has 3 aromatic rings. The van der Waals surface area contributed by atoms with Crippen LogP contribution >= 0.6 is 11.8 Å². The fourth-order valence-electron chi connectivity index (χ4n) is 2.08. The first-order chi connectivity index (χ1) is 9.74. The number of carbonyl (C=O) groups excluding carboxylic acids is 1. The van der Waals surface area contributed by atoms with Gasteiger partial charge in [-0.3, -0.25) is 4.79 Å². The van der Waals surface area contributed by atoms with Gasteiger partial charge in [0.2, 0.25) is 0 Å². The van der Waals surface area contributed by atoms with Crippen molar-refractivity contribution in [2.45, 2.75) is 16.8 Å². The van der Waals surface area contributed by atoms with Crippen molar-refractivity contribution in [2.24, 2.45) is 0 Å². The summed E-state index contributed by atoms with van der Waals surface area (Å²) in [5.74, 6) is 0.0430. The molecule has 0 atom stereocenters. The van der Waals surface area contributed by atoms with Gasteiger partial charge in [0.1, 0.15) is 5.03 Å². The van der Waals surface area contributed by atoms with Crippen molar-refractivity contribution in [3.05, 3.63) is 66.4 Å². The van der Waals surface area contributed by atoms with Crippen LogP contribution in [0.3, 0.4) is 0 Å². The van der Waals surface area contributed by atoms with Crippen LogP contribution in [0.4, 0.5) is 0 Å². The van der Waals surface area contributed by atoms with E-state index in [0.717, 1.165) is 9.92 Å². The van der Waals surface area contributed by atoms with Gasteiger partial charge in [0.05, 0.1) is 0 Å². The van der Waals surface area contributed by atoms with Gasteiger partial charge >= 0.3 is 0 Å². The lowest BCUT2D eigenvalue weighted by molar-refractivity contribution is 0.101. The SMILES string of the molecule is CC(=O)c1cccnc1Sc1ccc2ccccc2c1. The maximum Gasteiger partial charge on any atom is 0.162 e. The molecular formula is C17H13NOS. The number of benzene rings is 2. The second-order valence-corrected chi connectivity index (χ2v) is 5.59. The van der Waals surface area contributed by atoms with Crippen LogP contribution in [-0.4, -0.2) is 10.8 Å². The van der Waals surface area contributed by atoms with Crippen LogP contribution < -0.4 is 0 Å². The van der Waals surface area contributed by atoms with E-state index in [1.807, 2.05) is 18.2 Å². The summed E-state index contributed by atoms with van der Waals surface area (Å²) >= 11 is 1.53. The van der Waals surface area contributed by atoms with Crippen LogP contribution in [0, 0.1) is 0 Å². The van der Waals surface area contributed by atoms with Crippen molar-refractivity contribution in [2.75, 3.05) is 0 Å². The third-order valence-corrected chi connectivity index (χ3v) is 4.09. The highest BCUT2D eigenvalue weighted by Gasteiger charge is 2.09. The molecule has 0 aliphatic rings. The average Bonchev–Trinajstić information content (AvgIpc) is 2.47.